The van der Waals surface area contributed by atoms with Crippen LogP contribution in [0.5, 0.6) is 0 Å². The molecule has 3 aromatic heterocycles. The molecule has 0 bridgehead atoms. The maximum Gasteiger partial charge on any atom is 0.490 e. The number of benzene rings is 1. The number of hydrogen-bond donors (Lipinski definition) is 2. The first kappa shape index (κ1) is 19.3. The highest BCUT2D eigenvalue weighted by Gasteiger charge is 2.26. The molecule has 0 amide bonds. The molecule has 0 atom stereocenters. The van der Waals surface area contributed by atoms with Gasteiger partial charge in [-0.1, -0.05) is 17.7 Å². The molecule has 0 unspecified atom stereocenters. The molecule has 3 heterocycles. The summed E-state index contributed by atoms with van der Waals surface area (Å²) in [5.41, 5.74) is 3.13. The van der Waals surface area contributed by atoms with E-state index in [0.29, 0.717) is 16.6 Å². The number of fused-ring (bicyclic) bond motifs is 1. The van der Waals surface area contributed by atoms with Crippen LogP contribution in [-0.4, -0.2) is 39.5 Å². The third-order valence-corrected chi connectivity index (χ3v) is 6.40. The number of aromatic nitrogens is 3. The third kappa shape index (κ3) is 3.44. The van der Waals surface area contributed by atoms with E-state index < -0.39 is 17.1 Å². The molecule has 0 fully saturated rings. The zero-order valence-corrected chi connectivity index (χ0v) is 16.6. The molecule has 0 radical (unpaired) electrons. The van der Waals surface area contributed by atoms with Crippen LogP contribution in [0, 0.1) is 13.8 Å². The van der Waals surface area contributed by atoms with Crippen molar-refractivity contribution in [2.24, 2.45) is 0 Å². The van der Waals surface area contributed by atoms with Gasteiger partial charge in [0.1, 0.15) is 0 Å². The van der Waals surface area contributed by atoms with Crippen molar-refractivity contribution in [3.8, 4) is 11.3 Å². The van der Waals surface area contributed by atoms with E-state index in [1.807, 2.05) is 13.8 Å². The van der Waals surface area contributed by atoms with Crippen LogP contribution in [-0.2, 0) is 10.0 Å². The summed E-state index contributed by atoms with van der Waals surface area (Å²) in [4.78, 5) is 8.62. The summed E-state index contributed by atoms with van der Waals surface area (Å²) >= 11 is 0. The fourth-order valence-electron chi connectivity index (χ4n) is 3.11. The largest absolute Gasteiger partial charge is 0.490 e. The molecule has 1 aromatic carbocycles. The van der Waals surface area contributed by atoms with Crippen LogP contribution in [0.3, 0.4) is 0 Å². The minimum atomic E-state index is -3.96. The number of pyridine rings is 2. The molecule has 0 saturated heterocycles. The van der Waals surface area contributed by atoms with Gasteiger partial charge in [-0.25, -0.2) is 17.4 Å². The fourth-order valence-corrected chi connectivity index (χ4v) is 4.60. The summed E-state index contributed by atoms with van der Waals surface area (Å²) in [7, 11) is -5.66. The highest BCUT2D eigenvalue weighted by atomic mass is 32.2. The summed E-state index contributed by atoms with van der Waals surface area (Å²) in [6.45, 7) is 3.73. The van der Waals surface area contributed by atoms with Crippen molar-refractivity contribution < 1.29 is 18.5 Å². The maximum absolute atomic E-state index is 13.5. The van der Waals surface area contributed by atoms with E-state index in [1.165, 1.54) is 16.2 Å². The second-order valence-electron chi connectivity index (χ2n) is 6.86. The van der Waals surface area contributed by atoms with Gasteiger partial charge in [0, 0.05) is 34.5 Å². The minimum Gasteiger partial charge on any atom is -0.423 e. The predicted molar refractivity (Wildman–Crippen MR) is 111 cm³/mol. The molecule has 0 saturated carbocycles. The molecule has 0 aliphatic heterocycles. The lowest BCUT2D eigenvalue weighted by Gasteiger charge is -2.12. The van der Waals surface area contributed by atoms with E-state index in [2.05, 4.69) is 9.97 Å². The van der Waals surface area contributed by atoms with Gasteiger partial charge < -0.3 is 10.0 Å². The zero-order chi connectivity index (χ0) is 20.8. The number of hydrogen-bond acceptors (Lipinski definition) is 6. The Morgan fingerprint density at radius 2 is 1.66 bits per heavy atom. The quantitative estimate of drug-likeness (QED) is 0.499. The van der Waals surface area contributed by atoms with Gasteiger partial charge in [0.25, 0.3) is 10.0 Å². The molecule has 146 valence electrons. The van der Waals surface area contributed by atoms with Crippen LogP contribution in [0.25, 0.3) is 22.3 Å². The Bertz CT molecular complexity index is 1300. The number of aryl methyl sites for hydroxylation is 2. The van der Waals surface area contributed by atoms with Gasteiger partial charge in [-0.2, -0.15) is 0 Å². The topological polar surface area (TPSA) is 105 Å². The molecular formula is C20H18BN3O4S. The molecule has 0 aliphatic carbocycles. The van der Waals surface area contributed by atoms with Crippen LogP contribution < -0.4 is 5.46 Å². The van der Waals surface area contributed by atoms with E-state index in [4.69, 9.17) is 0 Å². The monoisotopic (exact) mass is 407 g/mol. The SMILES string of the molecule is Cc1ccc(S(=O)(=O)n2c(-c3ccc(C)nc3)cc3cc(B(O)O)cnc32)cc1. The highest BCUT2D eigenvalue weighted by molar-refractivity contribution is 7.90. The zero-order valence-electron chi connectivity index (χ0n) is 15.8. The first-order valence-electron chi connectivity index (χ1n) is 8.90. The molecule has 2 N–H and O–H groups in total. The Morgan fingerprint density at radius 3 is 2.28 bits per heavy atom. The number of rotatable bonds is 4. The molecule has 0 spiro atoms. The predicted octanol–water partition coefficient (Wildman–Crippen LogP) is 1.63. The van der Waals surface area contributed by atoms with Crippen molar-refractivity contribution in [3.63, 3.8) is 0 Å². The van der Waals surface area contributed by atoms with Gasteiger partial charge >= 0.3 is 7.12 Å². The lowest BCUT2D eigenvalue weighted by atomic mass is 9.81. The lowest BCUT2D eigenvalue weighted by Crippen LogP contribution is -2.30. The van der Waals surface area contributed by atoms with Crippen LogP contribution in [0.4, 0.5) is 0 Å². The van der Waals surface area contributed by atoms with Gasteiger partial charge in [0.05, 0.1) is 10.6 Å². The van der Waals surface area contributed by atoms with Crippen LogP contribution in [0.1, 0.15) is 11.3 Å². The van der Waals surface area contributed by atoms with Crippen molar-refractivity contribution in [2.45, 2.75) is 18.7 Å². The highest BCUT2D eigenvalue weighted by Crippen LogP contribution is 2.31. The minimum absolute atomic E-state index is 0.134. The van der Waals surface area contributed by atoms with E-state index in [9.17, 15) is 18.5 Å². The fraction of sp³-hybridized carbons (Fsp3) is 0.100. The van der Waals surface area contributed by atoms with Gasteiger partial charge in [0.2, 0.25) is 0 Å². The van der Waals surface area contributed by atoms with Crippen LogP contribution >= 0.6 is 0 Å². The Labute approximate surface area is 168 Å². The van der Waals surface area contributed by atoms with Crippen molar-refractivity contribution in [3.05, 3.63) is 72.2 Å². The molecule has 4 rings (SSSR count). The average molecular weight is 407 g/mol. The Balaban J connectivity index is 2.03. The van der Waals surface area contributed by atoms with E-state index in [0.717, 1.165) is 11.3 Å². The Morgan fingerprint density at radius 1 is 0.931 bits per heavy atom. The first-order valence-corrected chi connectivity index (χ1v) is 10.3. The van der Waals surface area contributed by atoms with Gasteiger partial charge in [-0.15, -0.1) is 0 Å². The van der Waals surface area contributed by atoms with Crippen molar-refractivity contribution in [2.75, 3.05) is 0 Å². The van der Waals surface area contributed by atoms with Gasteiger partial charge in [0.15, 0.2) is 5.65 Å². The third-order valence-electron chi connectivity index (χ3n) is 4.68. The van der Waals surface area contributed by atoms with E-state index in [1.54, 1.807) is 48.7 Å². The molecule has 9 heteroatoms. The first-order chi connectivity index (χ1) is 13.8. The van der Waals surface area contributed by atoms with Crippen molar-refractivity contribution in [1.82, 2.24) is 13.9 Å². The normalized spacial score (nSPS) is 11.7. The van der Waals surface area contributed by atoms with Crippen molar-refractivity contribution >= 4 is 33.6 Å². The summed E-state index contributed by atoms with van der Waals surface area (Å²) in [6, 6.07) is 13.3. The average Bonchev–Trinajstić information content (AvgIpc) is 3.08. The lowest BCUT2D eigenvalue weighted by molar-refractivity contribution is 0.425. The van der Waals surface area contributed by atoms with Crippen LogP contribution in [0.2, 0.25) is 0 Å². The smallest absolute Gasteiger partial charge is 0.423 e. The number of nitrogens with zero attached hydrogens (tertiary/aromatic N) is 3. The summed E-state index contributed by atoms with van der Waals surface area (Å²) in [5.74, 6) is 0. The van der Waals surface area contributed by atoms with Gasteiger partial charge in [-0.3, -0.25) is 4.98 Å². The molecule has 0 aliphatic rings. The summed E-state index contributed by atoms with van der Waals surface area (Å²) in [6.07, 6.45) is 2.86. The Hall–Kier alpha value is -3.01. The van der Waals surface area contributed by atoms with Crippen molar-refractivity contribution in [1.29, 1.82) is 0 Å². The van der Waals surface area contributed by atoms with E-state index in [-0.39, 0.29) is 16.0 Å². The molecule has 7 nitrogen and oxygen atoms in total. The summed E-state index contributed by atoms with van der Waals surface area (Å²) < 4.78 is 28.2. The summed E-state index contributed by atoms with van der Waals surface area (Å²) in [5, 5.41) is 19.4. The molecule has 4 aromatic rings. The standard InChI is InChI=1S/C20H18BN3O4S/c1-13-3-7-18(8-4-13)29(27,28)24-19(15-6-5-14(2)22-11-15)10-16-9-17(21(25)26)12-23-20(16)24/h3-12,25-26H,1-2H3. The molecule has 29 heavy (non-hydrogen) atoms. The second kappa shape index (κ2) is 7.11. The second-order valence-corrected chi connectivity index (χ2v) is 8.64. The maximum atomic E-state index is 13.5. The van der Waals surface area contributed by atoms with Gasteiger partial charge in [-0.05, 0) is 50.2 Å². The van der Waals surface area contributed by atoms with Crippen LogP contribution in [0.15, 0.2) is 65.8 Å². The van der Waals surface area contributed by atoms with E-state index >= 15 is 0 Å². The Kier molecular flexibility index (Phi) is 4.73. The molecular weight excluding hydrogens is 389 g/mol.